The second kappa shape index (κ2) is 5.96. The van der Waals surface area contributed by atoms with Gasteiger partial charge in [-0.15, -0.1) is 0 Å². The van der Waals surface area contributed by atoms with Gasteiger partial charge in [0.25, 0.3) is 5.91 Å². The fraction of sp³-hybridized carbons (Fsp3) is 0.462. The normalized spacial score (nSPS) is 21.7. The largest absolute Gasteiger partial charge is 0.481 e. The molecule has 1 N–H and O–H groups in total. The van der Waals surface area contributed by atoms with Crippen LogP contribution >= 0.6 is 0 Å². The number of aliphatic carboxylic acids is 1. The van der Waals surface area contributed by atoms with E-state index in [9.17, 15) is 14.0 Å². The molecule has 0 spiro atoms. The Kier molecular flexibility index (Phi) is 4.29. The molecule has 1 aromatic rings. The van der Waals surface area contributed by atoms with Crippen LogP contribution in [0.2, 0.25) is 0 Å². The summed E-state index contributed by atoms with van der Waals surface area (Å²) in [7, 11) is 0. The summed E-state index contributed by atoms with van der Waals surface area (Å²) in [6, 6.07) is 1.90. The van der Waals surface area contributed by atoms with Gasteiger partial charge in [-0.05, 0) is 13.0 Å². The molecule has 1 saturated heterocycles. The number of pyridine rings is 1. The second-order valence-corrected chi connectivity index (χ2v) is 4.51. The van der Waals surface area contributed by atoms with E-state index in [1.807, 2.05) is 0 Å². The minimum atomic E-state index is -1.00. The predicted octanol–water partition coefficient (Wildman–Crippen LogP) is 0.782. The number of carbonyl (C=O) groups is 2. The van der Waals surface area contributed by atoms with E-state index in [1.54, 1.807) is 6.92 Å². The quantitative estimate of drug-likeness (QED) is 0.826. The number of halogens is 1. The Morgan fingerprint density at radius 3 is 2.90 bits per heavy atom. The van der Waals surface area contributed by atoms with Crippen LogP contribution in [0.5, 0.6) is 0 Å². The third-order valence-corrected chi connectivity index (χ3v) is 3.34. The highest BCUT2D eigenvalue weighted by Gasteiger charge is 2.39. The van der Waals surface area contributed by atoms with Gasteiger partial charge >= 0.3 is 5.97 Å². The Morgan fingerprint density at radius 1 is 1.55 bits per heavy atom. The molecule has 2 rings (SSSR count). The van der Waals surface area contributed by atoms with Gasteiger partial charge in [0.15, 0.2) is 0 Å². The van der Waals surface area contributed by atoms with Crippen LogP contribution in [0.1, 0.15) is 17.3 Å². The van der Waals surface area contributed by atoms with E-state index in [0.717, 1.165) is 6.07 Å². The summed E-state index contributed by atoms with van der Waals surface area (Å²) in [4.78, 5) is 28.3. The molecule has 0 aliphatic carbocycles. The number of hydrogen-bond donors (Lipinski definition) is 1. The van der Waals surface area contributed by atoms with E-state index in [0.29, 0.717) is 6.54 Å². The first-order valence-electron chi connectivity index (χ1n) is 6.27. The van der Waals surface area contributed by atoms with Crippen LogP contribution in [-0.4, -0.2) is 52.7 Å². The Morgan fingerprint density at radius 2 is 2.30 bits per heavy atom. The van der Waals surface area contributed by atoms with Crippen molar-refractivity contribution in [2.45, 2.75) is 13.0 Å². The first-order chi connectivity index (χ1) is 9.54. The highest BCUT2D eigenvalue weighted by atomic mass is 19.1. The van der Waals surface area contributed by atoms with Crippen molar-refractivity contribution in [2.75, 3.05) is 19.8 Å². The third kappa shape index (κ3) is 2.77. The van der Waals surface area contributed by atoms with Gasteiger partial charge in [0.05, 0.1) is 19.3 Å². The van der Waals surface area contributed by atoms with Crippen LogP contribution in [0.4, 0.5) is 4.39 Å². The SMILES string of the molecule is CCN(C(=O)c1ccnc(F)c1)C1COCC1C(=O)O. The van der Waals surface area contributed by atoms with Gasteiger partial charge in [0, 0.05) is 24.4 Å². The van der Waals surface area contributed by atoms with Crippen molar-refractivity contribution < 1.29 is 23.8 Å². The molecule has 6 nitrogen and oxygen atoms in total. The zero-order valence-corrected chi connectivity index (χ0v) is 11.0. The average molecular weight is 282 g/mol. The van der Waals surface area contributed by atoms with Gasteiger partial charge in [-0.1, -0.05) is 0 Å². The van der Waals surface area contributed by atoms with Crippen LogP contribution in [0.3, 0.4) is 0 Å². The smallest absolute Gasteiger partial charge is 0.311 e. The summed E-state index contributed by atoms with van der Waals surface area (Å²) >= 11 is 0. The zero-order chi connectivity index (χ0) is 14.7. The summed E-state index contributed by atoms with van der Waals surface area (Å²) in [5.74, 6) is -2.93. The first-order valence-corrected chi connectivity index (χ1v) is 6.27. The molecule has 108 valence electrons. The van der Waals surface area contributed by atoms with Gasteiger partial charge in [0.2, 0.25) is 5.95 Å². The molecule has 2 heterocycles. The molecule has 0 aromatic carbocycles. The van der Waals surface area contributed by atoms with Crippen molar-refractivity contribution in [1.82, 2.24) is 9.88 Å². The lowest BCUT2D eigenvalue weighted by Gasteiger charge is -2.29. The van der Waals surface area contributed by atoms with E-state index in [1.165, 1.54) is 17.2 Å². The van der Waals surface area contributed by atoms with E-state index < -0.39 is 29.8 Å². The molecule has 0 radical (unpaired) electrons. The number of hydrogen-bond acceptors (Lipinski definition) is 4. The molecule has 1 aromatic heterocycles. The summed E-state index contributed by atoms with van der Waals surface area (Å²) in [6.07, 6.45) is 1.20. The number of carbonyl (C=O) groups excluding carboxylic acids is 1. The zero-order valence-electron chi connectivity index (χ0n) is 11.0. The number of carboxylic acids is 1. The number of rotatable bonds is 4. The van der Waals surface area contributed by atoms with Crippen molar-refractivity contribution in [1.29, 1.82) is 0 Å². The van der Waals surface area contributed by atoms with Crippen LogP contribution < -0.4 is 0 Å². The molecule has 2 atom stereocenters. The third-order valence-electron chi connectivity index (χ3n) is 3.34. The van der Waals surface area contributed by atoms with E-state index in [2.05, 4.69) is 4.98 Å². The topological polar surface area (TPSA) is 79.7 Å². The first kappa shape index (κ1) is 14.4. The number of ether oxygens (including phenoxy) is 1. The summed E-state index contributed by atoms with van der Waals surface area (Å²) in [5.41, 5.74) is 0.149. The molecule has 1 fully saturated rings. The Bertz CT molecular complexity index is 523. The minimum Gasteiger partial charge on any atom is -0.481 e. The summed E-state index contributed by atoms with van der Waals surface area (Å²) < 4.78 is 18.2. The molecule has 1 aliphatic rings. The second-order valence-electron chi connectivity index (χ2n) is 4.51. The standard InChI is InChI=1S/C13H15FN2O4/c1-2-16(10-7-20-6-9(10)13(18)19)12(17)8-3-4-15-11(14)5-8/h3-5,9-10H,2,6-7H2,1H3,(H,18,19). The van der Waals surface area contributed by atoms with Crippen LogP contribution in [-0.2, 0) is 9.53 Å². The lowest BCUT2D eigenvalue weighted by Crippen LogP contribution is -2.46. The fourth-order valence-electron chi connectivity index (χ4n) is 2.32. The fourth-order valence-corrected chi connectivity index (χ4v) is 2.32. The monoisotopic (exact) mass is 282 g/mol. The van der Waals surface area contributed by atoms with Gasteiger partial charge in [-0.25, -0.2) is 4.98 Å². The maximum absolute atomic E-state index is 13.1. The van der Waals surface area contributed by atoms with Crippen molar-refractivity contribution in [3.63, 3.8) is 0 Å². The number of nitrogens with zero attached hydrogens (tertiary/aromatic N) is 2. The predicted molar refractivity (Wildman–Crippen MR) is 66.6 cm³/mol. The molecule has 20 heavy (non-hydrogen) atoms. The molecule has 7 heteroatoms. The van der Waals surface area contributed by atoms with Gasteiger partial charge in [-0.3, -0.25) is 9.59 Å². The molecule has 2 unspecified atom stereocenters. The number of likely N-dealkylation sites (N-methyl/N-ethyl adjacent to an activating group) is 1. The van der Waals surface area contributed by atoms with Crippen molar-refractivity contribution >= 4 is 11.9 Å². The van der Waals surface area contributed by atoms with Crippen LogP contribution in [0, 0.1) is 11.9 Å². The number of amides is 1. The maximum atomic E-state index is 13.1. The Labute approximate surface area is 115 Å². The molecule has 1 aliphatic heterocycles. The molecule has 1 amide bonds. The number of aromatic nitrogens is 1. The summed E-state index contributed by atoms with van der Waals surface area (Å²) in [6.45, 7) is 2.31. The van der Waals surface area contributed by atoms with Crippen molar-refractivity contribution in [3.05, 3.63) is 29.8 Å². The van der Waals surface area contributed by atoms with E-state index >= 15 is 0 Å². The van der Waals surface area contributed by atoms with Crippen molar-refractivity contribution in [3.8, 4) is 0 Å². The van der Waals surface area contributed by atoms with Gasteiger partial charge in [0.1, 0.15) is 5.92 Å². The van der Waals surface area contributed by atoms with Gasteiger partial charge < -0.3 is 14.7 Å². The lowest BCUT2D eigenvalue weighted by atomic mass is 10.0. The van der Waals surface area contributed by atoms with Crippen molar-refractivity contribution in [2.24, 2.45) is 5.92 Å². The Hall–Kier alpha value is -2.02. The van der Waals surface area contributed by atoms with E-state index in [4.69, 9.17) is 9.84 Å². The Balaban J connectivity index is 2.23. The number of carboxylic acid groups (broad SMARTS) is 1. The molecular weight excluding hydrogens is 267 g/mol. The van der Waals surface area contributed by atoms with Crippen LogP contribution in [0.25, 0.3) is 0 Å². The highest BCUT2D eigenvalue weighted by molar-refractivity contribution is 5.94. The molecule has 0 bridgehead atoms. The van der Waals surface area contributed by atoms with Gasteiger partial charge in [-0.2, -0.15) is 4.39 Å². The molecule has 0 saturated carbocycles. The van der Waals surface area contributed by atoms with Crippen LogP contribution in [0.15, 0.2) is 18.3 Å². The minimum absolute atomic E-state index is 0.0779. The molecular formula is C13H15FN2O4. The lowest BCUT2D eigenvalue weighted by molar-refractivity contribution is -0.142. The highest BCUT2D eigenvalue weighted by Crippen LogP contribution is 2.22. The maximum Gasteiger partial charge on any atom is 0.311 e. The average Bonchev–Trinajstić information content (AvgIpc) is 2.89. The van der Waals surface area contributed by atoms with E-state index in [-0.39, 0.29) is 18.8 Å². The summed E-state index contributed by atoms with van der Waals surface area (Å²) in [5, 5.41) is 9.14.